The second-order valence-electron chi connectivity index (χ2n) is 4.34. The van der Waals surface area contributed by atoms with Crippen LogP contribution < -0.4 is 20.1 Å². The van der Waals surface area contributed by atoms with E-state index >= 15 is 0 Å². The van der Waals surface area contributed by atoms with Crippen LogP contribution in [0.3, 0.4) is 0 Å². The molecule has 0 saturated carbocycles. The van der Waals surface area contributed by atoms with Crippen molar-refractivity contribution >= 4 is 17.4 Å². The molecule has 0 saturated heterocycles. The number of aromatic nitrogens is 1. The number of benzene rings is 1. The summed E-state index contributed by atoms with van der Waals surface area (Å²) in [7, 11) is 1.81. The van der Waals surface area contributed by atoms with Gasteiger partial charge in [0.2, 0.25) is 6.79 Å². The maximum absolute atomic E-state index is 11.5. The van der Waals surface area contributed by atoms with Crippen LogP contribution in [0.25, 0.3) is 0 Å². The molecule has 3 rings (SSSR count). The van der Waals surface area contributed by atoms with E-state index in [9.17, 15) is 4.79 Å². The summed E-state index contributed by atoms with van der Waals surface area (Å²) < 4.78 is 10.6. The van der Waals surface area contributed by atoms with Crippen LogP contribution in [-0.4, -0.2) is 24.7 Å². The van der Waals surface area contributed by atoms with Gasteiger partial charge >= 0.3 is 0 Å². The number of hydrogen-bond donors (Lipinski definition) is 1. The lowest BCUT2D eigenvalue weighted by Gasteiger charge is -2.20. The van der Waals surface area contributed by atoms with Crippen LogP contribution in [0.4, 0.5) is 11.5 Å². The Bertz CT molecular complexity index is 672. The van der Waals surface area contributed by atoms with E-state index in [4.69, 9.17) is 15.2 Å². The van der Waals surface area contributed by atoms with E-state index in [-0.39, 0.29) is 6.79 Å². The van der Waals surface area contributed by atoms with Crippen LogP contribution in [0.1, 0.15) is 10.4 Å². The Morgan fingerprint density at radius 1 is 1.30 bits per heavy atom. The predicted octanol–water partition coefficient (Wildman–Crippen LogP) is 1.68. The number of primary amides is 1. The molecule has 1 aliphatic heterocycles. The zero-order valence-electron chi connectivity index (χ0n) is 10.9. The largest absolute Gasteiger partial charge is 0.454 e. The van der Waals surface area contributed by atoms with E-state index in [2.05, 4.69) is 4.98 Å². The number of anilines is 2. The van der Waals surface area contributed by atoms with Gasteiger partial charge in [-0.15, -0.1) is 0 Å². The Morgan fingerprint density at radius 2 is 2.10 bits per heavy atom. The summed E-state index contributed by atoms with van der Waals surface area (Å²) in [4.78, 5) is 17.5. The fourth-order valence-electron chi connectivity index (χ4n) is 2.07. The summed E-state index contributed by atoms with van der Waals surface area (Å²) in [5.74, 6) is 1.36. The molecule has 1 aromatic carbocycles. The number of fused-ring (bicyclic) bond motifs is 1. The van der Waals surface area contributed by atoms with E-state index in [1.54, 1.807) is 23.2 Å². The minimum atomic E-state index is -0.513. The van der Waals surface area contributed by atoms with Crippen molar-refractivity contribution < 1.29 is 14.3 Å². The molecule has 2 aromatic rings. The van der Waals surface area contributed by atoms with Crippen molar-refractivity contribution in [3.05, 3.63) is 42.1 Å². The average Bonchev–Trinajstić information content (AvgIpc) is 2.93. The highest BCUT2D eigenvalue weighted by atomic mass is 16.7. The minimum absolute atomic E-state index is 0.221. The summed E-state index contributed by atoms with van der Waals surface area (Å²) >= 11 is 0. The minimum Gasteiger partial charge on any atom is -0.454 e. The van der Waals surface area contributed by atoms with Gasteiger partial charge in [-0.1, -0.05) is 0 Å². The van der Waals surface area contributed by atoms with Gasteiger partial charge in [-0.05, 0) is 24.3 Å². The highest BCUT2D eigenvalue weighted by Crippen LogP contribution is 2.37. The van der Waals surface area contributed by atoms with Crippen molar-refractivity contribution in [3.63, 3.8) is 0 Å². The smallest absolute Gasteiger partial charge is 0.252 e. The van der Waals surface area contributed by atoms with E-state index in [1.807, 2.05) is 25.2 Å². The monoisotopic (exact) mass is 271 g/mol. The molecule has 0 bridgehead atoms. The Balaban J connectivity index is 2.01. The second-order valence-corrected chi connectivity index (χ2v) is 4.34. The fourth-order valence-corrected chi connectivity index (χ4v) is 2.07. The first-order chi connectivity index (χ1) is 9.66. The summed E-state index contributed by atoms with van der Waals surface area (Å²) in [6.07, 6.45) is 1.62. The lowest BCUT2D eigenvalue weighted by molar-refractivity contribution is 0.100. The molecule has 0 radical (unpaired) electrons. The standard InChI is InChI=1S/C14H13N3O3/c1-17(14-10(13(15)18)3-2-6-16-14)9-4-5-11-12(7-9)20-8-19-11/h2-7H,8H2,1H3,(H2,15,18). The third-order valence-electron chi connectivity index (χ3n) is 3.11. The molecule has 2 N–H and O–H groups in total. The van der Waals surface area contributed by atoms with Crippen molar-refractivity contribution in [3.8, 4) is 11.5 Å². The zero-order chi connectivity index (χ0) is 14.1. The summed E-state index contributed by atoms with van der Waals surface area (Å²) in [5, 5.41) is 0. The highest BCUT2D eigenvalue weighted by Gasteiger charge is 2.18. The number of carbonyl (C=O) groups excluding carboxylic acids is 1. The third kappa shape index (κ3) is 2.01. The summed E-state index contributed by atoms with van der Waals surface area (Å²) in [6.45, 7) is 0.221. The van der Waals surface area contributed by atoms with Crippen molar-refractivity contribution in [2.24, 2.45) is 5.73 Å². The van der Waals surface area contributed by atoms with E-state index in [0.29, 0.717) is 22.9 Å². The molecular weight excluding hydrogens is 258 g/mol. The van der Waals surface area contributed by atoms with Gasteiger partial charge in [0.1, 0.15) is 5.82 Å². The molecular formula is C14H13N3O3. The number of amides is 1. The number of rotatable bonds is 3. The maximum atomic E-state index is 11.5. The van der Waals surface area contributed by atoms with Gasteiger partial charge in [0.25, 0.3) is 5.91 Å². The van der Waals surface area contributed by atoms with Crippen molar-refractivity contribution in [1.29, 1.82) is 0 Å². The number of hydrogen-bond acceptors (Lipinski definition) is 5. The van der Waals surface area contributed by atoms with Crippen molar-refractivity contribution in [2.45, 2.75) is 0 Å². The molecule has 0 unspecified atom stereocenters. The first kappa shape index (κ1) is 12.3. The average molecular weight is 271 g/mol. The first-order valence-corrected chi connectivity index (χ1v) is 6.05. The molecule has 1 aliphatic rings. The molecule has 0 spiro atoms. The Kier molecular flexibility index (Phi) is 2.90. The summed E-state index contributed by atoms with van der Waals surface area (Å²) in [6, 6.07) is 8.85. The molecule has 2 heterocycles. The van der Waals surface area contributed by atoms with Gasteiger partial charge in [0.15, 0.2) is 11.5 Å². The predicted molar refractivity (Wildman–Crippen MR) is 73.4 cm³/mol. The van der Waals surface area contributed by atoms with Gasteiger partial charge in [-0.3, -0.25) is 4.79 Å². The Morgan fingerprint density at radius 3 is 2.90 bits per heavy atom. The fraction of sp³-hybridized carbons (Fsp3) is 0.143. The van der Waals surface area contributed by atoms with Crippen molar-refractivity contribution in [2.75, 3.05) is 18.7 Å². The van der Waals surface area contributed by atoms with E-state index in [1.165, 1.54) is 0 Å². The molecule has 1 amide bonds. The quantitative estimate of drug-likeness (QED) is 0.918. The maximum Gasteiger partial charge on any atom is 0.252 e. The third-order valence-corrected chi connectivity index (χ3v) is 3.11. The van der Waals surface area contributed by atoms with Crippen LogP contribution in [0.5, 0.6) is 11.5 Å². The van der Waals surface area contributed by atoms with Crippen LogP contribution in [0.15, 0.2) is 36.5 Å². The molecule has 0 aliphatic carbocycles. The van der Waals surface area contributed by atoms with Gasteiger partial charge in [-0.2, -0.15) is 0 Å². The number of nitrogens with two attached hydrogens (primary N) is 1. The molecule has 0 fully saturated rings. The van der Waals surface area contributed by atoms with Crippen molar-refractivity contribution in [1.82, 2.24) is 4.98 Å². The van der Waals surface area contributed by atoms with Gasteiger partial charge in [0.05, 0.1) is 5.56 Å². The zero-order valence-corrected chi connectivity index (χ0v) is 10.9. The first-order valence-electron chi connectivity index (χ1n) is 6.05. The Hall–Kier alpha value is -2.76. The van der Waals surface area contributed by atoms with Gasteiger partial charge in [0, 0.05) is 25.0 Å². The van der Waals surface area contributed by atoms with E-state index < -0.39 is 5.91 Å². The normalized spacial score (nSPS) is 12.2. The van der Waals surface area contributed by atoms with Crippen LogP contribution in [0.2, 0.25) is 0 Å². The molecule has 1 aromatic heterocycles. The molecule has 20 heavy (non-hydrogen) atoms. The lowest BCUT2D eigenvalue weighted by atomic mass is 10.2. The molecule has 0 atom stereocenters. The molecule has 6 heteroatoms. The SMILES string of the molecule is CN(c1ccc2c(c1)OCO2)c1ncccc1C(N)=O. The number of carbonyl (C=O) groups is 1. The second kappa shape index (κ2) is 4.73. The van der Waals surface area contributed by atoms with Crippen LogP contribution >= 0.6 is 0 Å². The number of ether oxygens (including phenoxy) is 2. The molecule has 6 nitrogen and oxygen atoms in total. The van der Waals surface area contributed by atoms with Gasteiger partial charge in [-0.25, -0.2) is 4.98 Å². The number of nitrogens with zero attached hydrogens (tertiary/aromatic N) is 2. The number of pyridine rings is 1. The van der Waals surface area contributed by atoms with E-state index in [0.717, 1.165) is 5.69 Å². The van der Waals surface area contributed by atoms with Gasteiger partial charge < -0.3 is 20.1 Å². The van der Waals surface area contributed by atoms with Crippen LogP contribution in [0, 0.1) is 0 Å². The topological polar surface area (TPSA) is 77.7 Å². The Labute approximate surface area is 115 Å². The summed E-state index contributed by atoms with van der Waals surface area (Å²) in [5.41, 5.74) is 6.57. The molecule has 102 valence electrons. The van der Waals surface area contributed by atoms with Crippen LogP contribution in [-0.2, 0) is 0 Å². The lowest BCUT2D eigenvalue weighted by Crippen LogP contribution is -2.19. The highest BCUT2D eigenvalue weighted by molar-refractivity contribution is 5.98.